The average Bonchev–Trinajstić information content (AvgIpc) is 3.05. The van der Waals surface area contributed by atoms with E-state index >= 15 is 0 Å². The van der Waals surface area contributed by atoms with Gasteiger partial charge < -0.3 is 5.32 Å². The predicted molar refractivity (Wildman–Crippen MR) is 96.7 cm³/mol. The Kier molecular flexibility index (Phi) is 5.26. The maximum Gasteiger partial charge on any atom is 0.409 e. The highest BCUT2D eigenvalue weighted by atomic mass is 19.4. The van der Waals surface area contributed by atoms with E-state index in [0.29, 0.717) is 11.3 Å². The first kappa shape index (κ1) is 19.7. The van der Waals surface area contributed by atoms with Gasteiger partial charge in [0.05, 0.1) is 17.6 Å². The number of aromatic nitrogens is 2. The van der Waals surface area contributed by atoms with Crippen molar-refractivity contribution in [3.8, 4) is 0 Å². The van der Waals surface area contributed by atoms with Gasteiger partial charge in [0.15, 0.2) is 0 Å². The van der Waals surface area contributed by atoms with Gasteiger partial charge in [0, 0.05) is 19.2 Å². The average molecular weight is 392 g/mol. The minimum Gasteiger partial charge on any atom is -0.348 e. The first-order valence-electron chi connectivity index (χ1n) is 8.62. The first-order chi connectivity index (χ1) is 13.2. The number of hydrogen-bond donors (Lipinski definition) is 1. The molecule has 6 nitrogen and oxygen atoms in total. The monoisotopic (exact) mass is 392 g/mol. The SMILES string of the molecule is C=CC(=O)NCc1ccc(C(=O)N2c3cnn(C)c3CCC2C(F)(F)F)cc1. The molecule has 1 unspecified atom stereocenters. The molecule has 2 aromatic rings. The van der Waals surface area contributed by atoms with Gasteiger partial charge in [0.1, 0.15) is 6.04 Å². The fraction of sp³-hybridized carbons (Fsp3) is 0.316. The number of rotatable bonds is 4. The van der Waals surface area contributed by atoms with E-state index in [1.54, 1.807) is 19.2 Å². The van der Waals surface area contributed by atoms with Crippen LogP contribution in [0.3, 0.4) is 0 Å². The summed E-state index contributed by atoms with van der Waals surface area (Å²) in [5, 5.41) is 6.60. The highest BCUT2D eigenvalue weighted by molar-refractivity contribution is 6.07. The molecule has 0 saturated carbocycles. The number of nitrogens with one attached hydrogen (secondary N) is 1. The molecule has 2 amide bonds. The number of carbonyl (C=O) groups excluding carboxylic acids is 2. The lowest BCUT2D eigenvalue weighted by molar-refractivity contribution is -0.149. The zero-order chi connectivity index (χ0) is 20.5. The lowest BCUT2D eigenvalue weighted by atomic mass is 9.98. The Bertz CT molecular complexity index is 903. The van der Waals surface area contributed by atoms with Crippen molar-refractivity contribution < 1.29 is 22.8 Å². The molecule has 0 bridgehead atoms. The number of fused-ring (bicyclic) bond motifs is 1. The highest BCUT2D eigenvalue weighted by Crippen LogP contribution is 2.38. The molecule has 1 aromatic heterocycles. The van der Waals surface area contributed by atoms with Crippen LogP contribution in [0, 0.1) is 0 Å². The van der Waals surface area contributed by atoms with Crippen LogP contribution in [-0.2, 0) is 24.8 Å². The van der Waals surface area contributed by atoms with E-state index in [2.05, 4.69) is 17.0 Å². The van der Waals surface area contributed by atoms with Crippen LogP contribution in [0.5, 0.6) is 0 Å². The minimum atomic E-state index is -4.54. The molecule has 1 atom stereocenters. The van der Waals surface area contributed by atoms with Crippen LogP contribution in [0.15, 0.2) is 43.1 Å². The second-order valence-corrected chi connectivity index (χ2v) is 6.49. The molecule has 0 fully saturated rings. The summed E-state index contributed by atoms with van der Waals surface area (Å²) >= 11 is 0. The summed E-state index contributed by atoms with van der Waals surface area (Å²) in [5.41, 5.74) is 1.62. The van der Waals surface area contributed by atoms with E-state index in [4.69, 9.17) is 0 Å². The number of nitrogens with zero attached hydrogens (tertiary/aromatic N) is 3. The summed E-state index contributed by atoms with van der Waals surface area (Å²) in [4.78, 5) is 25.0. The van der Waals surface area contributed by atoms with Gasteiger partial charge in [-0.25, -0.2) is 0 Å². The zero-order valence-corrected chi connectivity index (χ0v) is 15.2. The molecular formula is C19H19F3N4O2. The third-order valence-electron chi connectivity index (χ3n) is 4.71. The van der Waals surface area contributed by atoms with Crippen LogP contribution in [0.25, 0.3) is 0 Å². The van der Waals surface area contributed by atoms with E-state index in [-0.39, 0.29) is 36.5 Å². The van der Waals surface area contributed by atoms with Crippen LogP contribution in [-0.4, -0.2) is 33.8 Å². The Morgan fingerprint density at radius 3 is 2.61 bits per heavy atom. The fourth-order valence-electron chi connectivity index (χ4n) is 3.24. The summed E-state index contributed by atoms with van der Waals surface area (Å²) in [6, 6.07) is 4.19. The van der Waals surface area contributed by atoms with E-state index in [1.165, 1.54) is 23.0 Å². The van der Waals surface area contributed by atoms with Crippen molar-refractivity contribution in [2.75, 3.05) is 4.90 Å². The lowest BCUT2D eigenvalue weighted by Gasteiger charge is -2.36. The van der Waals surface area contributed by atoms with Crippen LogP contribution in [0.2, 0.25) is 0 Å². The number of aryl methyl sites for hydroxylation is 1. The smallest absolute Gasteiger partial charge is 0.348 e. The van der Waals surface area contributed by atoms with Crippen LogP contribution < -0.4 is 10.2 Å². The zero-order valence-electron chi connectivity index (χ0n) is 15.2. The summed E-state index contributed by atoms with van der Waals surface area (Å²) in [5.74, 6) is -1.08. The molecule has 1 aliphatic rings. The topological polar surface area (TPSA) is 67.2 Å². The third kappa shape index (κ3) is 3.78. The molecule has 0 spiro atoms. The number of benzene rings is 1. The van der Waals surface area contributed by atoms with Crippen LogP contribution >= 0.6 is 0 Å². The molecule has 28 heavy (non-hydrogen) atoms. The van der Waals surface area contributed by atoms with Crippen molar-refractivity contribution in [1.29, 1.82) is 0 Å². The maximum absolute atomic E-state index is 13.6. The quantitative estimate of drug-likeness (QED) is 0.814. The number of hydrogen-bond acceptors (Lipinski definition) is 3. The van der Waals surface area contributed by atoms with Gasteiger partial charge in [-0.05, 0) is 36.6 Å². The Hall–Kier alpha value is -3.10. The highest BCUT2D eigenvalue weighted by Gasteiger charge is 2.49. The van der Waals surface area contributed by atoms with Crippen molar-refractivity contribution in [3.63, 3.8) is 0 Å². The number of alkyl halides is 3. The standard InChI is InChI=1S/C19H19F3N4O2/c1-3-17(27)23-10-12-4-6-13(7-5-12)18(28)26-15-11-24-25(2)14(15)8-9-16(26)19(20,21)22/h3-7,11,16H,1,8-10H2,2H3,(H,23,27). The first-order valence-corrected chi connectivity index (χ1v) is 8.62. The van der Waals surface area contributed by atoms with Gasteiger partial charge in [-0.15, -0.1) is 0 Å². The van der Waals surface area contributed by atoms with Gasteiger partial charge in [-0.2, -0.15) is 18.3 Å². The van der Waals surface area contributed by atoms with Gasteiger partial charge in [-0.3, -0.25) is 19.2 Å². The lowest BCUT2D eigenvalue weighted by Crippen LogP contribution is -2.51. The van der Waals surface area contributed by atoms with Crippen molar-refractivity contribution in [2.45, 2.75) is 31.6 Å². The molecule has 2 heterocycles. The Labute approximate surface area is 159 Å². The molecule has 1 aliphatic heterocycles. The Morgan fingerprint density at radius 2 is 2.00 bits per heavy atom. The second-order valence-electron chi connectivity index (χ2n) is 6.49. The third-order valence-corrected chi connectivity index (χ3v) is 4.71. The molecule has 148 valence electrons. The van der Waals surface area contributed by atoms with Crippen molar-refractivity contribution >= 4 is 17.5 Å². The summed E-state index contributed by atoms with van der Waals surface area (Å²) in [7, 11) is 1.64. The Balaban J connectivity index is 1.88. The van der Waals surface area contributed by atoms with E-state index < -0.39 is 18.1 Å². The molecule has 3 rings (SSSR count). The summed E-state index contributed by atoms with van der Waals surface area (Å²) < 4.78 is 42.2. The van der Waals surface area contributed by atoms with Crippen LogP contribution in [0.1, 0.15) is 28.0 Å². The minimum absolute atomic E-state index is 0.129. The number of carbonyl (C=O) groups is 2. The molecule has 0 saturated heterocycles. The van der Waals surface area contributed by atoms with Gasteiger partial charge in [0.25, 0.3) is 5.91 Å². The second kappa shape index (κ2) is 7.49. The summed E-state index contributed by atoms with van der Waals surface area (Å²) in [6.45, 7) is 3.57. The summed E-state index contributed by atoms with van der Waals surface area (Å²) in [6.07, 6.45) is -2.13. The van der Waals surface area contributed by atoms with Gasteiger partial charge in [-0.1, -0.05) is 18.7 Å². The molecule has 0 aliphatic carbocycles. The molecule has 1 N–H and O–H groups in total. The van der Waals surface area contributed by atoms with Gasteiger partial charge >= 0.3 is 6.18 Å². The normalized spacial score (nSPS) is 16.4. The van der Waals surface area contributed by atoms with E-state index in [1.807, 2.05) is 0 Å². The largest absolute Gasteiger partial charge is 0.409 e. The van der Waals surface area contributed by atoms with Crippen LogP contribution in [0.4, 0.5) is 18.9 Å². The van der Waals surface area contributed by atoms with Crippen molar-refractivity contribution in [1.82, 2.24) is 15.1 Å². The molecule has 9 heteroatoms. The number of halogens is 3. The van der Waals surface area contributed by atoms with Crippen molar-refractivity contribution in [3.05, 3.63) is 59.9 Å². The van der Waals surface area contributed by atoms with Gasteiger partial charge in [0.2, 0.25) is 5.91 Å². The Morgan fingerprint density at radius 1 is 1.32 bits per heavy atom. The molecule has 0 radical (unpaired) electrons. The number of anilines is 1. The number of amides is 2. The van der Waals surface area contributed by atoms with E-state index in [0.717, 1.165) is 11.0 Å². The predicted octanol–water partition coefficient (Wildman–Crippen LogP) is 2.75. The molecular weight excluding hydrogens is 373 g/mol. The fourth-order valence-corrected chi connectivity index (χ4v) is 3.24. The molecule has 1 aromatic carbocycles. The van der Waals surface area contributed by atoms with Crippen molar-refractivity contribution in [2.24, 2.45) is 7.05 Å². The maximum atomic E-state index is 13.6. The van der Waals surface area contributed by atoms with E-state index in [9.17, 15) is 22.8 Å².